The van der Waals surface area contributed by atoms with Crippen LogP contribution >= 0.6 is 11.8 Å². The highest BCUT2D eigenvalue weighted by atomic mass is 32.2. The molecule has 2 heterocycles. The first-order chi connectivity index (χ1) is 11.5. The van der Waals surface area contributed by atoms with Crippen molar-refractivity contribution < 1.29 is 9.59 Å². The second-order valence-corrected chi connectivity index (χ2v) is 6.31. The molecule has 0 unspecified atom stereocenters. The lowest BCUT2D eigenvalue weighted by Gasteiger charge is -2.15. The number of amides is 2. The monoisotopic (exact) mass is 343 g/mol. The van der Waals surface area contributed by atoms with E-state index in [1.54, 1.807) is 35.8 Å². The third-order valence-corrected chi connectivity index (χ3v) is 4.60. The quantitative estimate of drug-likeness (QED) is 0.471. The smallest absolute Gasteiger partial charge is 0.261 e. The molecule has 0 spiro atoms. The van der Waals surface area contributed by atoms with Gasteiger partial charge in [0, 0.05) is 24.8 Å². The maximum Gasteiger partial charge on any atom is 0.261 e. The molecule has 24 heavy (non-hydrogen) atoms. The van der Waals surface area contributed by atoms with Crippen LogP contribution in [0.15, 0.2) is 40.3 Å². The SMILES string of the molecule is CSc1nc(C)cc(=O)n1CCCN1C(=O)c2ccccc2C1=O. The number of hydrogen-bond donors (Lipinski definition) is 0. The molecule has 0 bridgehead atoms. The number of hydrogen-bond acceptors (Lipinski definition) is 5. The number of rotatable bonds is 5. The van der Waals surface area contributed by atoms with E-state index >= 15 is 0 Å². The fraction of sp³-hybridized carbons (Fsp3) is 0.294. The first kappa shape index (κ1) is 16.4. The van der Waals surface area contributed by atoms with Crippen molar-refractivity contribution in [3.05, 3.63) is 57.5 Å². The molecule has 2 amide bonds. The summed E-state index contributed by atoms with van der Waals surface area (Å²) in [6.07, 6.45) is 2.37. The van der Waals surface area contributed by atoms with Crippen molar-refractivity contribution in [2.75, 3.05) is 12.8 Å². The van der Waals surface area contributed by atoms with Crippen molar-refractivity contribution >= 4 is 23.6 Å². The van der Waals surface area contributed by atoms with Gasteiger partial charge in [0.2, 0.25) is 0 Å². The Kier molecular flexibility index (Phi) is 4.53. The minimum atomic E-state index is -0.268. The summed E-state index contributed by atoms with van der Waals surface area (Å²) in [5.74, 6) is -0.537. The molecule has 1 aliphatic heterocycles. The van der Waals surface area contributed by atoms with Crippen LogP contribution in [0, 0.1) is 6.92 Å². The summed E-state index contributed by atoms with van der Waals surface area (Å²) in [6.45, 7) is 2.47. The summed E-state index contributed by atoms with van der Waals surface area (Å²) in [7, 11) is 0. The van der Waals surface area contributed by atoms with E-state index in [1.807, 2.05) is 6.26 Å². The molecule has 0 atom stereocenters. The molecule has 0 N–H and O–H groups in total. The second-order valence-electron chi connectivity index (χ2n) is 5.54. The van der Waals surface area contributed by atoms with Gasteiger partial charge in [-0.15, -0.1) is 0 Å². The Bertz CT molecular complexity index is 841. The molecule has 0 fully saturated rings. The molecule has 1 aromatic heterocycles. The number of aryl methyl sites for hydroxylation is 1. The maximum atomic E-state index is 12.3. The zero-order chi connectivity index (χ0) is 17.3. The van der Waals surface area contributed by atoms with Crippen molar-refractivity contribution in [1.29, 1.82) is 0 Å². The molecular weight excluding hydrogens is 326 g/mol. The van der Waals surface area contributed by atoms with E-state index < -0.39 is 0 Å². The van der Waals surface area contributed by atoms with Gasteiger partial charge in [-0.25, -0.2) is 4.98 Å². The first-order valence-corrected chi connectivity index (χ1v) is 8.83. The summed E-state index contributed by atoms with van der Waals surface area (Å²) in [4.78, 5) is 42.3. The summed E-state index contributed by atoms with van der Waals surface area (Å²) >= 11 is 1.40. The van der Waals surface area contributed by atoms with E-state index in [0.29, 0.717) is 34.9 Å². The summed E-state index contributed by atoms with van der Waals surface area (Å²) in [6, 6.07) is 8.30. The van der Waals surface area contributed by atoms with E-state index in [2.05, 4.69) is 4.98 Å². The molecule has 0 saturated carbocycles. The Hall–Kier alpha value is -2.41. The number of carbonyl (C=O) groups is 2. The van der Waals surface area contributed by atoms with Crippen molar-refractivity contribution in [1.82, 2.24) is 14.5 Å². The highest BCUT2D eigenvalue weighted by Gasteiger charge is 2.34. The van der Waals surface area contributed by atoms with E-state index in [4.69, 9.17) is 0 Å². The van der Waals surface area contributed by atoms with E-state index in [1.165, 1.54) is 22.7 Å². The minimum Gasteiger partial charge on any atom is -0.288 e. The van der Waals surface area contributed by atoms with Crippen LogP contribution in [0.2, 0.25) is 0 Å². The summed E-state index contributed by atoms with van der Waals surface area (Å²) in [5, 5.41) is 0.641. The lowest BCUT2D eigenvalue weighted by molar-refractivity contribution is 0.0650. The molecule has 0 aliphatic carbocycles. The number of imide groups is 1. The van der Waals surface area contributed by atoms with Gasteiger partial charge in [0.15, 0.2) is 5.16 Å². The predicted molar refractivity (Wildman–Crippen MR) is 91.4 cm³/mol. The fourth-order valence-corrected chi connectivity index (χ4v) is 3.42. The van der Waals surface area contributed by atoms with Gasteiger partial charge in [-0.3, -0.25) is 23.9 Å². The number of carbonyl (C=O) groups excluding carboxylic acids is 2. The van der Waals surface area contributed by atoms with Gasteiger partial charge in [-0.05, 0) is 31.7 Å². The van der Waals surface area contributed by atoms with Crippen molar-refractivity contribution in [3.63, 3.8) is 0 Å². The number of aromatic nitrogens is 2. The topological polar surface area (TPSA) is 72.3 Å². The zero-order valence-electron chi connectivity index (χ0n) is 13.5. The van der Waals surface area contributed by atoms with Gasteiger partial charge in [0.05, 0.1) is 11.1 Å². The summed E-state index contributed by atoms with van der Waals surface area (Å²) < 4.78 is 1.58. The standard InChI is InChI=1S/C17H17N3O3S/c1-11-10-14(21)19(17(18-11)24-2)8-5-9-20-15(22)12-6-3-4-7-13(12)16(20)23/h3-4,6-7,10H,5,8-9H2,1-2H3. The maximum absolute atomic E-state index is 12.3. The van der Waals surface area contributed by atoms with Crippen molar-refractivity contribution in [3.8, 4) is 0 Å². The van der Waals surface area contributed by atoms with Crippen LogP contribution in [0.25, 0.3) is 0 Å². The van der Waals surface area contributed by atoms with Gasteiger partial charge >= 0.3 is 0 Å². The average molecular weight is 343 g/mol. The van der Waals surface area contributed by atoms with Crippen LogP contribution in [0.4, 0.5) is 0 Å². The zero-order valence-corrected chi connectivity index (χ0v) is 14.3. The van der Waals surface area contributed by atoms with E-state index in [-0.39, 0.29) is 23.9 Å². The van der Waals surface area contributed by atoms with Crippen LogP contribution in [0.1, 0.15) is 32.8 Å². The Balaban J connectivity index is 1.72. The third-order valence-electron chi connectivity index (χ3n) is 3.93. The van der Waals surface area contributed by atoms with Gasteiger partial charge in [-0.1, -0.05) is 23.9 Å². The number of fused-ring (bicyclic) bond motifs is 1. The molecule has 7 heteroatoms. The Labute approximate surface area is 143 Å². The molecular formula is C17H17N3O3S. The van der Waals surface area contributed by atoms with E-state index in [0.717, 1.165) is 0 Å². The Morgan fingerprint density at radius 2 is 1.67 bits per heavy atom. The Morgan fingerprint density at radius 1 is 1.04 bits per heavy atom. The fourth-order valence-electron chi connectivity index (χ4n) is 2.79. The summed E-state index contributed by atoms with van der Waals surface area (Å²) in [5.41, 5.74) is 1.46. The number of thioether (sulfide) groups is 1. The lowest BCUT2D eigenvalue weighted by Crippen LogP contribution is -2.32. The molecule has 0 saturated heterocycles. The molecule has 2 aromatic rings. The van der Waals surface area contributed by atoms with Crippen LogP contribution in [-0.2, 0) is 6.54 Å². The van der Waals surface area contributed by atoms with E-state index in [9.17, 15) is 14.4 Å². The number of benzene rings is 1. The van der Waals surface area contributed by atoms with Crippen molar-refractivity contribution in [2.24, 2.45) is 0 Å². The lowest BCUT2D eigenvalue weighted by atomic mass is 10.1. The normalized spacial score (nSPS) is 13.5. The van der Waals surface area contributed by atoms with Crippen molar-refractivity contribution in [2.45, 2.75) is 25.0 Å². The Morgan fingerprint density at radius 3 is 2.25 bits per heavy atom. The molecule has 3 rings (SSSR count). The molecule has 0 radical (unpaired) electrons. The van der Waals surface area contributed by atoms with Crippen LogP contribution in [0.3, 0.4) is 0 Å². The van der Waals surface area contributed by atoms with Gasteiger partial charge in [0.25, 0.3) is 17.4 Å². The van der Waals surface area contributed by atoms with Crippen LogP contribution < -0.4 is 5.56 Å². The number of nitrogens with zero attached hydrogens (tertiary/aromatic N) is 3. The largest absolute Gasteiger partial charge is 0.288 e. The molecule has 124 valence electrons. The van der Waals surface area contributed by atoms with Crippen LogP contribution in [0.5, 0.6) is 0 Å². The highest BCUT2D eigenvalue weighted by Crippen LogP contribution is 2.22. The van der Waals surface area contributed by atoms with Gasteiger partial charge < -0.3 is 0 Å². The average Bonchev–Trinajstić information content (AvgIpc) is 2.81. The first-order valence-electron chi connectivity index (χ1n) is 7.60. The second kappa shape index (κ2) is 6.60. The molecule has 1 aliphatic rings. The minimum absolute atomic E-state index is 0.116. The van der Waals surface area contributed by atoms with Gasteiger partial charge in [0.1, 0.15) is 0 Å². The highest BCUT2D eigenvalue weighted by molar-refractivity contribution is 7.98. The third kappa shape index (κ3) is 2.87. The van der Waals surface area contributed by atoms with Gasteiger partial charge in [-0.2, -0.15) is 0 Å². The van der Waals surface area contributed by atoms with Crippen LogP contribution in [-0.4, -0.2) is 39.1 Å². The predicted octanol–water partition coefficient (Wildman–Crippen LogP) is 1.96. The molecule has 6 nitrogen and oxygen atoms in total. The molecule has 1 aromatic carbocycles.